The number of carbonyl (C=O) groups excluding carboxylic acids is 1. The lowest BCUT2D eigenvalue weighted by molar-refractivity contribution is 0.569. The molecule has 1 aromatic heterocycles. The summed E-state index contributed by atoms with van der Waals surface area (Å²) in [6.07, 6.45) is 0. The largest absolute Gasteiger partial charge is 0.233 e. The zero-order chi connectivity index (χ0) is 9.26. The normalized spacial score (nSPS) is 9.92. The highest BCUT2D eigenvalue weighted by Gasteiger charge is 2.02. The predicted octanol–water partition coefficient (Wildman–Crippen LogP) is 3.14. The maximum absolute atomic E-state index is 10.4. The van der Waals surface area contributed by atoms with Crippen LogP contribution in [-0.2, 0) is 4.79 Å². The van der Waals surface area contributed by atoms with E-state index in [2.05, 4.69) is 6.07 Å². The van der Waals surface area contributed by atoms with Crippen LogP contribution >= 0.6 is 11.3 Å². The summed E-state index contributed by atoms with van der Waals surface area (Å²) in [6, 6.07) is 10.1. The van der Waals surface area contributed by atoms with Crippen molar-refractivity contribution in [3.05, 3.63) is 35.2 Å². The molecule has 1 aromatic carbocycles. The van der Waals surface area contributed by atoms with Crippen molar-refractivity contribution in [1.29, 1.82) is 0 Å². The van der Waals surface area contributed by atoms with Gasteiger partial charge < -0.3 is 0 Å². The summed E-state index contributed by atoms with van der Waals surface area (Å²) in [5, 5.41) is 1.19. The minimum absolute atomic E-state index is 0.682. The maximum atomic E-state index is 10.4. The highest BCUT2D eigenvalue weighted by molar-refractivity contribution is 7.20. The molecule has 2 rings (SSSR count). The van der Waals surface area contributed by atoms with Crippen LogP contribution in [0.3, 0.4) is 0 Å². The molecular formula is C11H8OS. The van der Waals surface area contributed by atoms with Crippen molar-refractivity contribution < 1.29 is 4.79 Å². The topological polar surface area (TPSA) is 17.1 Å². The minimum atomic E-state index is 0.682. The average Bonchev–Trinajstić information content (AvgIpc) is 2.59. The second-order valence-electron chi connectivity index (χ2n) is 2.88. The summed E-state index contributed by atoms with van der Waals surface area (Å²) in [7, 11) is 0. The fraction of sp³-hybridized carbons (Fsp3) is 0.0909. The van der Waals surface area contributed by atoms with Gasteiger partial charge in [0, 0.05) is 9.58 Å². The van der Waals surface area contributed by atoms with Crippen molar-refractivity contribution in [2.45, 2.75) is 6.92 Å². The molecule has 2 heteroatoms. The Balaban J connectivity index is 2.69. The van der Waals surface area contributed by atoms with Gasteiger partial charge in [-0.15, -0.1) is 11.3 Å². The molecule has 0 unspecified atom stereocenters. The van der Waals surface area contributed by atoms with Crippen molar-refractivity contribution >= 4 is 32.9 Å². The van der Waals surface area contributed by atoms with Gasteiger partial charge in [0.2, 0.25) is 0 Å². The molecule has 0 N–H and O–H groups in total. The number of allylic oxidation sites excluding steroid dienone is 1. The van der Waals surface area contributed by atoms with Crippen LogP contribution in [0.4, 0.5) is 0 Å². The molecule has 0 aliphatic rings. The number of rotatable bonds is 1. The third-order valence-electron chi connectivity index (χ3n) is 1.95. The number of benzene rings is 1. The predicted molar refractivity (Wildman–Crippen MR) is 56.6 cm³/mol. The molecule has 0 bridgehead atoms. The van der Waals surface area contributed by atoms with E-state index in [1.807, 2.05) is 30.2 Å². The first-order chi connectivity index (χ1) is 6.31. The van der Waals surface area contributed by atoms with Gasteiger partial charge in [-0.05, 0) is 24.4 Å². The first-order valence-electron chi connectivity index (χ1n) is 4.02. The maximum Gasteiger partial charge on any atom is 0.129 e. The van der Waals surface area contributed by atoms with Gasteiger partial charge in [-0.3, -0.25) is 0 Å². The summed E-state index contributed by atoms with van der Waals surface area (Å²) in [6.45, 7) is 1.79. The monoisotopic (exact) mass is 188 g/mol. The summed E-state index contributed by atoms with van der Waals surface area (Å²) in [4.78, 5) is 11.4. The van der Waals surface area contributed by atoms with E-state index < -0.39 is 0 Å². The molecule has 13 heavy (non-hydrogen) atoms. The van der Waals surface area contributed by atoms with E-state index in [4.69, 9.17) is 0 Å². The van der Waals surface area contributed by atoms with Crippen LogP contribution in [0.15, 0.2) is 30.3 Å². The Morgan fingerprint density at radius 3 is 2.85 bits per heavy atom. The molecule has 0 atom stereocenters. The van der Waals surface area contributed by atoms with Crippen molar-refractivity contribution in [1.82, 2.24) is 0 Å². The second-order valence-corrected chi connectivity index (χ2v) is 3.96. The fourth-order valence-electron chi connectivity index (χ4n) is 1.22. The molecule has 0 amide bonds. The average molecular weight is 188 g/mol. The zero-order valence-corrected chi connectivity index (χ0v) is 8.02. The number of hydrogen-bond donors (Lipinski definition) is 0. The van der Waals surface area contributed by atoms with E-state index in [1.165, 1.54) is 10.1 Å². The van der Waals surface area contributed by atoms with Crippen LogP contribution in [0, 0.1) is 0 Å². The van der Waals surface area contributed by atoms with Gasteiger partial charge in [0.05, 0.1) is 5.57 Å². The second kappa shape index (κ2) is 3.17. The summed E-state index contributed by atoms with van der Waals surface area (Å²) < 4.78 is 1.21. The van der Waals surface area contributed by atoms with E-state index in [0.717, 1.165) is 4.88 Å². The Labute approximate surface area is 80.3 Å². The Bertz CT molecular complexity index is 457. The fourth-order valence-corrected chi connectivity index (χ4v) is 2.23. The van der Waals surface area contributed by atoms with Crippen LogP contribution in [0.5, 0.6) is 0 Å². The van der Waals surface area contributed by atoms with Crippen LogP contribution < -0.4 is 0 Å². The third-order valence-corrected chi connectivity index (χ3v) is 3.18. The lowest BCUT2D eigenvalue weighted by Gasteiger charge is -1.84. The molecule has 1 nitrogen and oxygen atoms in total. The smallest absolute Gasteiger partial charge is 0.129 e. The van der Waals surface area contributed by atoms with Crippen LogP contribution in [0.2, 0.25) is 0 Å². The molecule has 64 valence electrons. The molecule has 0 saturated heterocycles. The molecule has 0 saturated carbocycles. The number of fused-ring (bicyclic) bond motifs is 1. The van der Waals surface area contributed by atoms with E-state index >= 15 is 0 Å². The molecule has 0 spiro atoms. The summed E-state index contributed by atoms with van der Waals surface area (Å²) >= 11 is 1.63. The Morgan fingerprint density at radius 2 is 2.15 bits per heavy atom. The quantitative estimate of drug-likeness (QED) is 0.628. The SMILES string of the molecule is CC(=C=O)c1cc2ccccc2s1. The molecular weight excluding hydrogens is 180 g/mol. The van der Waals surface area contributed by atoms with Crippen molar-refractivity contribution in [2.24, 2.45) is 0 Å². The highest BCUT2D eigenvalue weighted by atomic mass is 32.1. The first-order valence-corrected chi connectivity index (χ1v) is 4.83. The Morgan fingerprint density at radius 1 is 1.38 bits per heavy atom. The molecule has 0 aliphatic heterocycles. The standard InChI is InChI=1S/C11H8OS/c1-8(7-12)11-6-9-4-2-3-5-10(9)13-11/h2-6H,1H3. The van der Waals surface area contributed by atoms with Crippen LogP contribution in [0.1, 0.15) is 11.8 Å². The van der Waals surface area contributed by atoms with E-state index in [-0.39, 0.29) is 0 Å². The van der Waals surface area contributed by atoms with E-state index in [0.29, 0.717) is 5.57 Å². The molecule has 0 fully saturated rings. The van der Waals surface area contributed by atoms with Gasteiger partial charge >= 0.3 is 0 Å². The van der Waals surface area contributed by atoms with Crippen LogP contribution in [0.25, 0.3) is 15.7 Å². The van der Waals surface area contributed by atoms with Crippen molar-refractivity contribution in [3.8, 4) is 0 Å². The van der Waals surface area contributed by atoms with Crippen LogP contribution in [-0.4, -0.2) is 5.94 Å². The number of thiophene rings is 1. The molecule has 1 heterocycles. The van der Waals surface area contributed by atoms with Crippen molar-refractivity contribution in [3.63, 3.8) is 0 Å². The van der Waals surface area contributed by atoms with Crippen molar-refractivity contribution in [2.75, 3.05) is 0 Å². The molecule has 0 radical (unpaired) electrons. The molecule has 2 aromatic rings. The zero-order valence-electron chi connectivity index (χ0n) is 7.20. The van der Waals surface area contributed by atoms with Gasteiger partial charge in [0.25, 0.3) is 0 Å². The lowest BCUT2D eigenvalue weighted by atomic mass is 10.2. The van der Waals surface area contributed by atoms with Gasteiger partial charge in [0.15, 0.2) is 0 Å². The first kappa shape index (κ1) is 8.24. The van der Waals surface area contributed by atoms with Gasteiger partial charge in [-0.1, -0.05) is 18.2 Å². The lowest BCUT2D eigenvalue weighted by Crippen LogP contribution is -1.69. The number of hydrogen-bond acceptors (Lipinski definition) is 2. The van der Waals surface area contributed by atoms with Gasteiger partial charge in [0.1, 0.15) is 5.94 Å². The summed E-state index contributed by atoms with van der Waals surface area (Å²) in [5.74, 6) is 1.92. The Hall–Kier alpha value is -1.37. The Kier molecular flexibility index (Phi) is 2.01. The van der Waals surface area contributed by atoms with Gasteiger partial charge in [-0.2, -0.15) is 0 Å². The van der Waals surface area contributed by atoms with Gasteiger partial charge in [-0.25, -0.2) is 4.79 Å². The third kappa shape index (κ3) is 1.42. The highest BCUT2D eigenvalue weighted by Crippen LogP contribution is 2.28. The van der Waals surface area contributed by atoms with E-state index in [1.54, 1.807) is 18.3 Å². The molecule has 0 aliphatic carbocycles. The summed E-state index contributed by atoms with van der Waals surface area (Å²) in [5.41, 5.74) is 0.682. The van der Waals surface area contributed by atoms with E-state index in [9.17, 15) is 4.79 Å². The minimum Gasteiger partial charge on any atom is -0.233 e.